The van der Waals surface area contributed by atoms with Crippen LogP contribution in [0.1, 0.15) is 133 Å². The maximum atomic E-state index is 2.30. The molecule has 0 aromatic heterocycles. The van der Waals surface area contributed by atoms with Crippen LogP contribution in [0.15, 0.2) is 388 Å². The van der Waals surface area contributed by atoms with Crippen molar-refractivity contribution in [2.45, 2.75) is 124 Å². The smallest absolute Gasteiger partial charge is 0.0494 e. The van der Waals surface area contributed by atoms with E-state index in [2.05, 4.69) is 412 Å². The zero-order chi connectivity index (χ0) is 84.3. The van der Waals surface area contributed by atoms with Crippen LogP contribution in [0.5, 0.6) is 0 Å². The topological polar surface area (TPSA) is 6.48 Å². The molecule has 2 heteroatoms. The number of nitrogens with zero attached hydrogens (tertiary/aromatic N) is 2. The number of hydrogen-bond donors (Lipinski definition) is 0. The average Bonchev–Trinajstić information content (AvgIpc) is 1.23. The molecule has 0 saturated carbocycles. The minimum absolute atomic E-state index is 1.10. The Morgan fingerprint density at radius 2 is 0.364 bits per heavy atom. The molecule has 0 unspecified atom stereocenters. The van der Waals surface area contributed by atoms with E-state index < -0.39 is 0 Å². The van der Waals surface area contributed by atoms with E-state index in [0.29, 0.717) is 0 Å². The van der Waals surface area contributed by atoms with Gasteiger partial charge in [-0.2, -0.15) is 0 Å². The van der Waals surface area contributed by atoms with Crippen LogP contribution in [-0.4, -0.2) is 14.1 Å². The highest BCUT2D eigenvalue weighted by Gasteiger charge is 2.19. The van der Waals surface area contributed by atoms with Crippen LogP contribution in [-0.2, 0) is 12.8 Å². The van der Waals surface area contributed by atoms with Gasteiger partial charge in [-0.05, 0) is 204 Å². The lowest BCUT2D eigenvalue weighted by atomic mass is 9.98. The van der Waals surface area contributed by atoms with Gasteiger partial charge in [0.1, 0.15) is 0 Å². The second-order valence-electron chi connectivity index (χ2n) is 26.8. The van der Waals surface area contributed by atoms with Crippen molar-refractivity contribution in [3.05, 3.63) is 411 Å². The van der Waals surface area contributed by atoms with E-state index in [9.17, 15) is 0 Å². The van der Waals surface area contributed by atoms with Crippen LogP contribution < -0.4 is 9.80 Å². The van der Waals surface area contributed by atoms with Crippen LogP contribution in [0.25, 0.3) is 131 Å². The van der Waals surface area contributed by atoms with E-state index in [1.807, 2.05) is 111 Å². The molecule has 0 amide bonds. The third kappa shape index (κ3) is 20.8. The molecule has 20 rings (SSSR count). The maximum Gasteiger partial charge on any atom is 0.0494 e. The third-order valence-electron chi connectivity index (χ3n) is 20.7. The normalized spacial score (nSPS) is 10.4. The highest BCUT2D eigenvalue weighted by atomic mass is 15.1. The summed E-state index contributed by atoms with van der Waals surface area (Å²) in [5, 5.41) is 15.3. The molecule has 2 aliphatic carbocycles. The lowest BCUT2D eigenvalue weighted by Crippen LogP contribution is -2.10. The molecule has 2 aliphatic rings. The second kappa shape index (κ2) is 46.0. The summed E-state index contributed by atoms with van der Waals surface area (Å²) in [6.45, 7) is 32.0. The van der Waals surface area contributed by atoms with Gasteiger partial charge in [-0.1, -0.05) is 450 Å². The molecule has 0 radical (unpaired) electrons. The summed E-state index contributed by atoms with van der Waals surface area (Å²) in [5.74, 6) is 0. The Labute approximate surface area is 707 Å². The summed E-state index contributed by atoms with van der Waals surface area (Å²) in [7, 11) is 4.31. The zero-order valence-electron chi connectivity index (χ0n) is 73.3. The van der Waals surface area contributed by atoms with Crippen molar-refractivity contribution in [2.75, 3.05) is 23.9 Å². The monoisotopic (exact) mass is 1540 g/mol. The SMILES string of the molecule is CC.CC.CC.CC.CC.CC.CC.CC.CN(c1ccc(-c2ccc(-c3ccc4ccccc4c3)cc2)cc1)c1cc2ccccc2c2ccccc12.CN(c1ccc(-c2ccc(-c3ccc4ccccc4c3)cc2)cc1)c1cc2ccccc2c2ccccc12.c1ccc2c(c1)Cc1ccccc1-2.c1ccc2c(c1)Cc1ccccc1-2. The summed E-state index contributed by atoms with van der Waals surface area (Å²) in [4.78, 5) is 4.59. The fourth-order valence-corrected chi connectivity index (χ4v) is 15.3. The highest BCUT2D eigenvalue weighted by Crippen LogP contribution is 2.42. The quantitative estimate of drug-likeness (QED) is 0.140. The number of benzene rings is 18. The standard InChI is InChI=1S/2C37H27N.2C13H10.8C2H6/c2*1-38(37-25-32-10-4-5-11-34(32)35-12-6-7-13-36(35)37)33-22-20-28(21-23-33)27-14-16-29(17-15-27)31-19-18-26-8-2-3-9-30(26)24-31;2*1-3-7-12-10(5-1)9-11-6-2-4-8-13(11)12;8*1-2/h2*2-25H,1H3;2*1-8H,9H2;8*1-2H3. The third-order valence-corrected chi connectivity index (χ3v) is 20.7. The van der Waals surface area contributed by atoms with E-state index in [1.54, 1.807) is 0 Å². The van der Waals surface area contributed by atoms with E-state index in [0.717, 1.165) is 12.8 Å². The van der Waals surface area contributed by atoms with Crippen molar-refractivity contribution in [3.63, 3.8) is 0 Å². The Morgan fingerprint density at radius 3 is 0.653 bits per heavy atom. The van der Waals surface area contributed by atoms with Crippen molar-refractivity contribution >= 4 is 87.4 Å². The first-order chi connectivity index (χ1) is 58.4. The maximum absolute atomic E-state index is 2.30. The molecule has 0 N–H and O–H groups in total. The molecule has 0 fully saturated rings. The van der Waals surface area contributed by atoms with Crippen LogP contribution in [0, 0.1) is 0 Å². The Morgan fingerprint density at radius 1 is 0.161 bits per heavy atom. The van der Waals surface area contributed by atoms with Crippen molar-refractivity contribution in [1.29, 1.82) is 0 Å². The summed E-state index contributed by atoms with van der Waals surface area (Å²) in [6, 6.07) is 140. The van der Waals surface area contributed by atoms with Gasteiger partial charge in [0.25, 0.3) is 0 Å². The minimum Gasteiger partial charge on any atom is -0.344 e. The lowest BCUT2D eigenvalue weighted by molar-refractivity contribution is 1.22. The first kappa shape index (κ1) is 89.1. The molecule has 18 aromatic rings. The molecule has 0 bridgehead atoms. The van der Waals surface area contributed by atoms with Gasteiger partial charge in [-0.25, -0.2) is 0 Å². The number of rotatable bonds is 8. The summed E-state index contributed by atoms with van der Waals surface area (Å²) in [5.41, 5.74) is 26.1. The molecular formula is C116H122N2. The van der Waals surface area contributed by atoms with Gasteiger partial charge in [0.05, 0.1) is 0 Å². The Balaban J connectivity index is 0.000000183. The average molecular weight is 1540 g/mol. The van der Waals surface area contributed by atoms with Gasteiger partial charge >= 0.3 is 0 Å². The Bertz CT molecular complexity index is 5620. The summed E-state index contributed by atoms with van der Waals surface area (Å²) in [6.07, 6.45) is 2.21. The van der Waals surface area contributed by atoms with Crippen LogP contribution in [0.2, 0.25) is 0 Å². The second-order valence-corrected chi connectivity index (χ2v) is 26.8. The fraction of sp³-hybridized carbons (Fsp3) is 0.172. The zero-order valence-corrected chi connectivity index (χ0v) is 73.3. The molecule has 18 aromatic carbocycles. The molecule has 0 spiro atoms. The number of fused-ring (bicyclic) bond motifs is 14. The Hall–Kier alpha value is -12.9. The first-order valence-electron chi connectivity index (χ1n) is 43.4. The highest BCUT2D eigenvalue weighted by molar-refractivity contribution is 6.15. The van der Waals surface area contributed by atoms with Crippen molar-refractivity contribution in [3.8, 4) is 66.8 Å². The number of hydrogen-bond acceptors (Lipinski definition) is 2. The molecule has 0 atom stereocenters. The van der Waals surface area contributed by atoms with Crippen molar-refractivity contribution in [2.24, 2.45) is 0 Å². The van der Waals surface area contributed by atoms with Gasteiger partial charge in [-0.3, -0.25) is 0 Å². The van der Waals surface area contributed by atoms with Gasteiger partial charge < -0.3 is 9.80 Å². The van der Waals surface area contributed by atoms with Gasteiger partial charge in [0, 0.05) is 47.6 Å². The van der Waals surface area contributed by atoms with E-state index in [1.165, 1.54) is 176 Å². The molecule has 0 saturated heterocycles. The predicted molar refractivity (Wildman–Crippen MR) is 529 cm³/mol. The van der Waals surface area contributed by atoms with Crippen LogP contribution >= 0.6 is 0 Å². The fourth-order valence-electron chi connectivity index (χ4n) is 15.3. The lowest BCUT2D eigenvalue weighted by Gasteiger charge is -2.23. The number of anilines is 4. The molecule has 596 valence electrons. The largest absolute Gasteiger partial charge is 0.344 e. The first-order valence-corrected chi connectivity index (χ1v) is 43.4. The van der Waals surface area contributed by atoms with Crippen molar-refractivity contribution in [1.82, 2.24) is 0 Å². The molecule has 0 aliphatic heterocycles. The van der Waals surface area contributed by atoms with E-state index in [-0.39, 0.29) is 0 Å². The van der Waals surface area contributed by atoms with Crippen LogP contribution in [0.3, 0.4) is 0 Å². The van der Waals surface area contributed by atoms with E-state index >= 15 is 0 Å². The van der Waals surface area contributed by atoms with Crippen molar-refractivity contribution < 1.29 is 0 Å². The van der Waals surface area contributed by atoms with Gasteiger partial charge in [0.15, 0.2) is 0 Å². The summed E-state index contributed by atoms with van der Waals surface area (Å²) >= 11 is 0. The van der Waals surface area contributed by atoms with Gasteiger partial charge in [0.2, 0.25) is 0 Å². The molecule has 118 heavy (non-hydrogen) atoms. The molecule has 2 nitrogen and oxygen atoms in total. The van der Waals surface area contributed by atoms with Gasteiger partial charge in [-0.15, -0.1) is 0 Å². The Kier molecular flexibility index (Phi) is 34.7. The molecule has 0 heterocycles. The minimum atomic E-state index is 1.10. The molecular weight excluding hydrogens is 1420 g/mol. The predicted octanol–water partition coefficient (Wildman–Crippen LogP) is 35.2. The van der Waals surface area contributed by atoms with Crippen LogP contribution in [0.4, 0.5) is 22.7 Å². The summed E-state index contributed by atoms with van der Waals surface area (Å²) < 4.78 is 0. The van der Waals surface area contributed by atoms with E-state index in [4.69, 9.17) is 0 Å².